The molecular weight excluding hydrogens is 1010 g/mol. The Morgan fingerprint density at radius 2 is 0.476 bits per heavy atom. The number of hydrogen-bond donors (Lipinski definition) is 0. The Morgan fingerprint density at radius 1 is 0.256 bits per heavy atom. The highest BCUT2D eigenvalue weighted by atomic mass is 16.6. The van der Waals surface area contributed by atoms with E-state index in [1.165, 1.54) is 167 Å². The molecule has 0 aromatic rings. The van der Waals surface area contributed by atoms with Gasteiger partial charge in [0.2, 0.25) is 0 Å². The highest BCUT2D eigenvalue weighted by Gasteiger charge is 2.19. The number of rotatable bonds is 63. The number of carbonyl (C=O) groups excluding carboxylic acids is 3. The van der Waals surface area contributed by atoms with Gasteiger partial charge < -0.3 is 14.2 Å². The van der Waals surface area contributed by atoms with Crippen molar-refractivity contribution in [3.8, 4) is 0 Å². The maximum Gasteiger partial charge on any atom is 0.306 e. The Labute approximate surface area is 508 Å². The molecule has 6 nitrogen and oxygen atoms in total. The highest BCUT2D eigenvalue weighted by molar-refractivity contribution is 5.71. The predicted molar refractivity (Wildman–Crippen MR) is 357 cm³/mol. The molecular formula is C76H130O6. The van der Waals surface area contributed by atoms with Gasteiger partial charge in [0.05, 0.1) is 0 Å². The molecule has 0 amide bonds. The zero-order chi connectivity index (χ0) is 59.2. The van der Waals surface area contributed by atoms with Crippen molar-refractivity contribution in [2.75, 3.05) is 13.2 Å². The van der Waals surface area contributed by atoms with E-state index in [-0.39, 0.29) is 31.1 Å². The fourth-order valence-electron chi connectivity index (χ4n) is 9.77. The average molecular weight is 1140 g/mol. The summed E-state index contributed by atoms with van der Waals surface area (Å²) in [4.78, 5) is 38.4. The van der Waals surface area contributed by atoms with Crippen LogP contribution in [-0.4, -0.2) is 37.2 Å². The lowest BCUT2D eigenvalue weighted by Crippen LogP contribution is -2.30. The summed E-state index contributed by atoms with van der Waals surface area (Å²) in [6.07, 6.45) is 95.4. The summed E-state index contributed by atoms with van der Waals surface area (Å²) >= 11 is 0. The van der Waals surface area contributed by atoms with Crippen molar-refractivity contribution in [3.63, 3.8) is 0 Å². The van der Waals surface area contributed by atoms with Crippen molar-refractivity contribution >= 4 is 17.9 Å². The van der Waals surface area contributed by atoms with Gasteiger partial charge in [-0.2, -0.15) is 0 Å². The second-order valence-corrected chi connectivity index (χ2v) is 23.1. The monoisotopic (exact) mass is 1140 g/mol. The molecule has 0 aliphatic carbocycles. The van der Waals surface area contributed by atoms with Crippen molar-refractivity contribution in [2.45, 2.75) is 341 Å². The zero-order valence-corrected chi connectivity index (χ0v) is 54.0. The molecule has 1 unspecified atom stereocenters. The summed E-state index contributed by atoms with van der Waals surface area (Å²) in [5.74, 6) is -0.895. The minimum absolute atomic E-state index is 0.0842. The largest absolute Gasteiger partial charge is 0.462 e. The number of esters is 3. The molecule has 0 saturated carbocycles. The number of carbonyl (C=O) groups is 3. The summed E-state index contributed by atoms with van der Waals surface area (Å²) in [7, 11) is 0. The lowest BCUT2D eigenvalue weighted by molar-refractivity contribution is -0.167. The van der Waals surface area contributed by atoms with E-state index >= 15 is 0 Å². The van der Waals surface area contributed by atoms with Gasteiger partial charge in [0.1, 0.15) is 13.2 Å². The number of hydrogen-bond acceptors (Lipinski definition) is 6. The lowest BCUT2D eigenvalue weighted by atomic mass is 10.0. The van der Waals surface area contributed by atoms with E-state index in [4.69, 9.17) is 14.2 Å². The van der Waals surface area contributed by atoms with E-state index in [2.05, 4.69) is 130 Å². The molecule has 1 atom stereocenters. The second-order valence-electron chi connectivity index (χ2n) is 23.1. The Balaban J connectivity index is 4.24. The maximum atomic E-state index is 12.9. The standard InChI is InChI=1S/C76H130O6/c1-4-7-10-13-16-19-22-25-28-30-31-32-33-34-35-36-37-38-39-40-41-42-43-44-45-46-49-51-54-57-60-63-66-69-75(78)81-72-73(71-80-74(77)68-65-62-59-56-53-50-47-27-24-21-18-15-12-9-6-3)82-76(79)70-67-64-61-58-55-52-48-29-26-23-20-17-14-11-8-5-2/h7,10,16,18-19,21,25,27-29,31-32,34-35,37-38,47-48,73H,4-6,8-9,11-15,17,20,22-24,26,30,33,36,39-46,49-72H2,1-3H3/b10-7-,19-16-,21-18-,28-25-,32-31-,35-34-,38-37-,47-27-,48-29-. The molecule has 6 heteroatoms. The Kier molecular flexibility index (Phi) is 66.2. The zero-order valence-electron chi connectivity index (χ0n) is 54.0. The Hall–Kier alpha value is -3.93. The van der Waals surface area contributed by atoms with Gasteiger partial charge >= 0.3 is 17.9 Å². The van der Waals surface area contributed by atoms with E-state index in [9.17, 15) is 14.4 Å². The van der Waals surface area contributed by atoms with Crippen molar-refractivity contribution in [1.82, 2.24) is 0 Å². The van der Waals surface area contributed by atoms with Gasteiger partial charge in [-0.25, -0.2) is 0 Å². The number of ether oxygens (including phenoxy) is 3. The topological polar surface area (TPSA) is 78.9 Å². The molecule has 0 radical (unpaired) electrons. The SMILES string of the molecule is CC/C=C\C/C=C\C/C=C\C/C=C\C/C=C\C/C=C\CCCCCCCCCCCCCCCCC(=O)OCC(COC(=O)CCCCCCC/C=C\C/C=C\CCCCC)OC(=O)CCCCCCC/C=C\CCCCCCCCC. The van der Waals surface area contributed by atoms with Gasteiger partial charge in [0.25, 0.3) is 0 Å². The minimum Gasteiger partial charge on any atom is -0.462 e. The van der Waals surface area contributed by atoms with Crippen LogP contribution in [0, 0.1) is 0 Å². The van der Waals surface area contributed by atoms with Crippen LogP contribution in [0.1, 0.15) is 335 Å². The van der Waals surface area contributed by atoms with Crippen LogP contribution in [0.3, 0.4) is 0 Å². The van der Waals surface area contributed by atoms with Crippen LogP contribution in [0.5, 0.6) is 0 Å². The van der Waals surface area contributed by atoms with E-state index < -0.39 is 6.10 Å². The minimum atomic E-state index is -0.789. The first-order valence-corrected chi connectivity index (χ1v) is 34.9. The second kappa shape index (κ2) is 69.6. The Bertz CT molecular complexity index is 1640. The molecule has 0 aromatic heterocycles. The van der Waals surface area contributed by atoms with Crippen molar-refractivity contribution in [1.29, 1.82) is 0 Å². The first kappa shape index (κ1) is 78.1. The summed E-state index contributed by atoms with van der Waals surface area (Å²) in [5, 5.41) is 0. The summed E-state index contributed by atoms with van der Waals surface area (Å²) in [6, 6.07) is 0. The van der Waals surface area contributed by atoms with Crippen LogP contribution < -0.4 is 0 Å². The maximum absolute atomic E-state index is 12.9. The molecule has 0 N–H and O–H groups in total. The predicted octanol–water partition coefficient (Wildman–Crippen LogP) is 24.2. The quantitative estimate of drug-likeness (QED) is 0.0261. The normalized spacial score (nSPS) is 12.8. The van der Waals surface area contributed by atoms with Crippen molar-refractivity contribution in [3.05, 3.63) is 109 Å². The van der Waals surface area contributed by atoms with Gasteiger partial charge in [-0.05, 0) is 128 Å². The molecule has 0 fully saturated rings. The summed E-state index contributed by atoms with van der Waals surface area (Å²) in [5.41, 5.74) is 0. The van der Waals surface area contributed by atoms with Crippen LogP contribution in [0.15, 0.2) is 109 Å². The first-order chi connectivity index (χ1) is 40.5. The number of unbranched alkanes of at least 4 members (excludes halogenated alkanes) is 34. The van der Waals surface area contributed by atoms with E-state index in [0.29, 0.717) is 19.3 Å². The lowest BCUT2D eigenvalue weighted by Gasteiger charge is -2.18. The molecule has 0 aliphatic heterocycles. The van der Waals surface area contributed by atoms with E-state index in [0.717, 1.165) is 128 Å². The van der Waals surface area contributed by atoms with Crippen molar-refractivity contribution < 1.29 is 28.6 Å². The van der Waals surface area contributed by atoms with Gasteiger partial charge in [-0.1, -0.05) is 297 Å². The fourth-order valence-corrected chi connectivity index (χ4v) is 9.77. The molecule has 0 aliphatic rings. The van der Waals surface area contributed by atoms with Crippen LogP contribution in [0.25, 0.3) is 0 Å². The molecule has 0 aromatic carbocycles. The molecule has 0 saturated heterocycles. The van der Waals surface area contributed by atoms with Crippen LogP contribution in [-0.2, 0) is 28.6 Å². The third kappa shape index (κ3) is 66.9. The van der Waals surface area contributed by atoms with E-state index in [1.807, 2.05) is 0 Å². The molecule has 0 spiro atoms. The van der Waals surface area contributed by atoms with Crippen LogP contribution in [0.4, 0.5) is 0 Å². The summed E-state index contributed by atoms with van der Waals surface area (Å²) < 4.78 is 16.9. The fraction of sp³-hybridized carbons (Fsp3) is 0.724. The molecule has 0 bridgehead atoms. The van der Waals surface area contributed by atoms with Crippen LogP contribution >= 0.6 is 0 Å². The Morgan fingerprint density at radius 3 is 0.780 bits per heavy atom. The van der Waals surface area contributed by atoms with Gasteiger partial charge in [0.15, 0.2) is 6.10 Å². The molecule has 0 heterocycles. The van der Waals surface area contributed by atoms with Gasteiger partial charge in [-0.3, -0.25) is 14.4 Å². The molecule has 0 rings (SSSR count). The van der Waals surface area contributed by atoms with Gasteiger partial charge in [0, 0.05) is 19.3 Å². The third-order valence-corrected chi connectivity index (χ3v) is 15.0. The molecule has 82 heavy (non-hydrogen) atoms. The summed E-state index contributed by atoms with van der Waals surface area (Å²) in [6.45, 7) is 6.51. The van der Waals surface area contributed by atoms with Gasteiger partial charge in [-0.15, -0.1) is 0 Å². The number of allylic oxidation sites excluding steroid dienone is 18. The van der Waals surface area contributed by atoms with E-state index in [1.54, 1.807) is 0 Å². The first-order valence-electron chi connectivity index (χ1n) is 34.9. The van der Waals surface area contributed by atoms with Crippen LogP contribution in [0.2, 0.25) is 0 Å². The third-order valence-electron chi connectivity index (χ3n) is 15.0. The smallest absolute Gasteiger partial charge is 0.306 e. The average Bonchev–Trinajstić information content (AvgIpc) is 3.47. The molecule has 470 valence electrons. The van der Waals surface area contributed by atoms with Crippen molar-refractivity contribution in [2.24, 2.45) is 0 Å². The highest BCUT2D eigenvalue weighted by Crippen LogP contribution is 2.17.